The van der Waals surface area contributed by atoms with E-state index < -0.39 is 0 Å². The number of hydrogen-bond acceptors (Lipinski definition) is 1. The Kier molecular flexibility index (Phi) is 4.82. The van der Waals surface area contributed by atoms with Gasteiger partial charge in [-0.25, -0.2) is 0 Å². The van der Waals surface area contributed by atoms with Crippen LogP contribution in [0.5, 0.6) is 0 Å². The molecule has 0 saturated heterocycles. The molecule has 176 valence electrons. The number of fused-ring (bicyclic) bond motifs is 7. The van der Waals surface area contributed by atoms with E-state index >= 15 is 0 Å². The second kappa shape index (κ2) is 6.64. The highest BCUT2D eigenvalue weighted by Crippen LogP contribution is 2.76. The van der Waals surface area contributed by atoms with E-state index in [9.17, 15) is 5.11 Å². The number of aliphatic hydroxyl groups excluding tert-OH is 1. The maximum absolute atomic E-state index is 11.8. The van der Waals surface area contributed by atoms with Crippen LogP contribution in [0.4, 0.5) is 0 Å². The lowest BCUT2D eigenvalue weighted by atomic mass is 9.35. The van der Waals surface area contributed by atoms with Crippen LogP contribution in [-0.2, 0) is 0 Å². The van der Waals surface area contributed by atoms with Crippen molar-refractivity contribution in [2.45, 2.75) is 119 Å². The lowest BCUT2D eigenvalue weighted by Crippen LogP contribution is -2.64. The van der Waals surface area contributed by atoms with Gasteiger partial charge in [-0.15, -0.1) is 0 Å². The van der Waals surface area contributed by atoms with Crippen LogP contribution in [0, 0.1) is 56.7 Å². The van der Waals surface area contributed by atoms with E-state index in [1.165, 1.54) is 51.4 Å². The normalized spacial score (nSPS) is 55.7. The first-order chi connectivity index (χ1) is 14.3. The molecule has 0 unspecified atom stereocenters. The van der Waals surface area contributed by atoms with E-state index in [0.29, 0.717) is 33.5 Å². The molecule has 0 amide bonds. The van der Waals surface area contributed by atoms with Crippen molar-refractivity contribution >= 4 is 0 Å². The van der Waals surface area contributed by atoms with Gasteiger partial charge in [-0.1, -0.05) is 73.5 Å². The fourth-order valence-corrected chi connectivity index (χ4v) is 11.3. The van der Waals surface area contributed by atoms with Gasteiger partial charge in [0.1, 0.15) is 0 Å². The minimum absolute atomic E-state index is 0.155. The van der Waals surface area contributed by atoms with Crippen LogP contribution in [0.2, 0.25) is 0 Å². The van der Waals surface area contributed by atoms with Gasteiger partial charge in [-0.05, 0) is 102 Å². The molecule has 0 aromatic carbocycles. The fraction of sp³-hybridized carbons (Fsp3) is 0.933. The summed E-state index contributed by atoms with van der Waals surface area (Å²) in [5.41, 5.74) is 3.39. The third-order valence-electron chi connectivity index (χ3n) is 13.0. The standard InChI is InChI=1S/C30H50O/c1-19(2)20-10-11-23-28(20,6)16-17-30(8)25-21(12-15-29(23,30)7)27(5)14-9-13-26(3,4)24(27)18-22(25)31/h12,19-20,22-25,31H,9-11,13-18H2,1-8H3/t20-,22+,23-,24-,25-,27-,28-,29+,30-/m1/s1. The monoisotopic (exact) mass is 426 g/mol. The van der Waals surface area contributed by atoms with Crippen LogP contribution >= 0.6 is 0 Å². The maximum Gasteiger partial charge on any atom is 0.0614 e. The Morgan fingerprint density at radius 2 is 1.58 bits per heavy atom. The molecule has 1 nitrogen and oxygen atoms in total. The van der Waals surface area contributed by atoms with Crippen molar-refractivity contribution in [3.63, 3.8) is 0 Å². The number of rotatable bonds is 1. The van der Waals surface area contributed by atoms with Crippen molar-refractivity contribution in [2.24, 2.45) is 56.7 Å². The minimum atomic E-state index is -0.155. The van der Waals surface area contributed by atoms with Crippen molar-refractivity contribution in [3.05, 3.63) is 11.6 Å². The van der Waals surface area contributed by atoms with Crippen molar-refractivity contribution in [3.8, 4) is 0 Å². The van der Waals surface area contributed by atoms with E-state index in [4.69, 9.17) is 0 Å². The van der Waals surface area contributed by atoms with Gasteiger partial charge >= 0.3 is 0 Å². The molecule has 0 aliphatic heterocycles. The highest BCUT2D eigenvalue weighted by Gasteiger charge is 2.69. The molecule has 4 saturated carbocycles. The summed E-state index contributed by atoms with van der Waals surface area (Å²) in [6, 6.07) is 0. The summed E-state index contributed by atoms with van der Waals surface area (Å²) in [6.45, 7) is 20.4. The van der Waals surface area contributed by atoms with Gasteiger partial charge in [0.05, 0.1) is 6.10 Å². The topological polar surface area (TPSA) is 20.2 Å². The summed E-state index contributed by atoms with van der Waals surface area (Å²) in [5, 5.41) is 11.8. The molecule has 9 atom stereocenters. The molecule has 0 spiro atoms. The predicted molar refractivity (Wildman–Crippen MR) is 131 cm³/mol. The van der Waals surface area contributed by atoms with E-state index in [-0.39, 0.29) is 11.5 Å². The zero-order chi connectivity index (χ0) is 22.6. The quantitative estimate of drug-likeness (QED) is 0.421. The molecule has 1 N–H and O–H groups in total. The summed E-state index contributed by atoms with van der Waals surface area (Å²) in [7, 11) is 0. The van der Waals surface area contributed by atoms with Crippen LogP contribution < -0.4 is 0 Å². The van der Waals surface area contributed by atoms with E-state index in [1.54, 1.807) is 5.57 Å². The van der Waals surface area contributed by atoms with Gasteiger partial charge < -0.3 is 5.11 Å². The molecule has 0 aromatic heterocycles. The molecule has 31 heavy (non-hydrogen) atoms. The molecule has 0 radical (unpaired) electrons. The largest absolute Gasteiger partial charge is 0.392 e. The second-order valence-electron chi connectivity index (χ2n) is 14.8. The highest BCUT2D eigenvalue weighted by molar-refractivity contribution is 5.34. The Labute approximate surface area is 192 Å². The van der Waals surface area contributed by atoms with Crippen LogP contribution in [-0.4, -0.2) is 11.2 Å². The molecule has 0 aromatic rings. The van der Waals surface area contributed by atoms with Gasteiger partial charge in [-0.3, -0.25) is 0 Å². The van der Waals surface area contributed by atoms with Crippen molar-refractivity contribution in [1.82, 2.24) is 0 Å². The zero-order valence-electron chi connectivity index (χ0n) is 21.9. The summed E-state index contributed by atoms with van der Waals surface area (Å²) >= 11 is 0. The smallest absolute Gasteiger partial charge is 0.0614 e. The molecular formula is C30H50O. The molecule has 4 fully saturated rings. The van der Waals surface area contributed by atoms with Crippen LogP contribution in [0.3, 0.4) is 0 Å². The maximum atomic E-state index is 11.8. The Morgan fingerprint density at radius 1 is 0.871 bits per heavy atom. The van der Waals surface area contributed by atoms with Crippen molar-refractivity contribution in [2.75, 3.05) is 0 Å². The molecular weight excluding hydrogens is 376 g/mol. The Balaban J connectivity index is 1.59. The Hall–Kier alpha value is -0.300. The molecule has 5 rings (SSSR count). The number of aliphatic hydroxyl groups is 1. The minimum Gasteiger partial charge on any atom is -0.392 e. The van der Waals surface area contributed by atoms with Crippen LogP contribution in [0.25, 0.3) is 0 Å². The van der Waals surface area contributed by atoms with Crippen molar-refractivity contribution in [1.29, 1.82) is 0 Å². The lowest BCUT2D eigenvalue weighted by molar-refractivity contribution is -0.183. The Bertz CT molecular complexity index is 777. The van der Waals surface area contributed by atoms with E-state index in [1.807, 2.05) is 0 Å². The number of hydrogen-bond donors (Lipinski definition) is 1. The van der Waals surface area contributed by atoms with Gasteiger partial charge in [0.15, 0.2) is 0 Å². The predicted octanol–water partition coefficient (Wildman–Crippen LogP) is 8.02. The third-order valence-corrected chi connectivity index (χ3v) is 13.0. The van der Waals surface area contributed by atoms with Gasteiger partial charge in [0, 0.05) is 5.92 Å². The lowest BCUT2D eigenvalue weighted by Gasteiger charge is -2.69. The third kappa shape index (κ3) is 2.65. The molecule has 0 bridgehead atoms. The van der Waals surface area contributed by atoms with E-state index in [2.05, 4.69) is 61.5 Å². The average molecular weight is 427 g/mol. The first kappa shape index (κ1) is 22.5. The molecule has 0 heterocycles. The summed E-state index contributed by atoms with van der Waals surface area (Å²) < 4.78 is 0. The molecule has 5 aliphatic rings. The van der Waals surface area contributed by atoms with Crippen molar-refractivity contribution < 1.29 is 5.11 Å². The summed E-state index contributed by atoms with van der Waals surface area (Å²) in [6.07, 6.45) is 14.3. The zero-order valence-corrected chi connectivity index (χ0v) is 21.9. The highest BCUT2D eigenvalue weighted by atomic mass is 16.3. The summed E-state index contributed by atoms with van der Waals surface area (Å²) in [5.74, 6) is 3.49. The van der Waals surface area contributed by atoms with Gasteiger partial charge in [0.25, 0.3) is 0 Å². The van der Waals surface area contributed by atoms with Gasteiger partial charge in [-0.2, -0.15) is 0 Å². The summed E-state index contributed by atoms with van der Waals surface area (Å²) in [4.78, 5) is 0. The molecule has 1 heteroatoms. The second-order valence-corrected chi connectivity index (χ2v) is 14.8. The first-order valence-electron chi connectivity index (χ1n) is 13.7. The van der Waals surface area contributed by atoms with Crippen LogP contribution in [0.15, 0.2) is 11.6 Å². The SMILES string of the molecule is CC(C)[C@H]1CC[C@@H]2[C@]1(C)CC[C@]1(C)[C@@H]3C(=CC[C@@]21C)[C@@]1(C)CCCC(C)(C)[C@H]1C[C@@H]3O. The first-order valence-corrected chi connectivity index (χ1v) is 13.7. The average Bonchev–Trinajstić information content (AvgIpc) is 3.03. The number of allylic oxidation sites excluding steroid dienone is 1. The van der Waals surface area contributed by atoms with E-state index in [0.717, 1.165) is 24.2 Å². The Morgan fingerprint density at radius 3 is 2.26 bits per heavy atom. The van der Waals surface area contributed by atoms with Gasteiger partial charge in [0.2, 0.25) is 0 Å². The fourth-order valence-electron chi connectivity index (χ4n) is 11.3. The molecule has 5 aliphatic carbocycles. The van der Waals surface area contributed by atoms with Crippen LogP contribution in [0.1, 0.15) is 113 Å².